The predicted molar refractivity (Wildman–Crippen MR) is 53.9 cm³/mol. The van der Waals surface area contributed by atoms with Gasteiger partial charge < -0.3 is 10.8 Å². The normalized spacial score (nSPS) is 26.9. The van der Waals surface area contributed by atoms with E-state index in [-0.39, 0.29) is 11.3 Å². The van der Waals surface area contributed by atoms with Gasteiger partial charge in [0.1, 0.15) is 6.04 Å². The molecule has 1 aliphatic heterocycles. The second-order valence-electron chi connectivity index (χ2n) is 3.57. The number of amides is 2. The Hall–Kier alpha value is -0.910. The van der Waals surface area contributed by atoms with E-state index in [1.165, 1.54) is 16.7 Å². The number of hydrogen-bond donors (Lipinski definition) is 2. The molecule has 1 saturated heterocycles. The smallest absolute Gasteiger partial charge is 0.327 e. The molecule has 1 heterocycles. The van der Waals surface area contributed by atoms with Crippen molar-refractivity contribution in [1.29, 1.82) is 0 Å². The van der Waals surface area contributed by atoms with E-state index in [1.807, 2.05) is 13.8 Å². The highest BCUT2D eigenvalue weighted by atomic mass is 32.2. The van der Waals surface area contributed by atoms with Crippen molar-refractivity contribution in [2.45, 2.75) is 25.3 Å². The van der Waals surface area contributed by atoms with E-state index in [4.69, 9.17) is 10.8 Å². The summed E-state index contributed by atoms with van der Waals surface area (Å²) in [5.74, 6) is -0.363. The fourth-order valence-corrected chi connectivity index (χ4v) is 2.99. The summed E-state index contributed by atoms with van der Waals surface area (Å²) in [6, 6.07) is -1.42. The summed E-state index contributed by atoms with van der Waals surface area (Å²) in [7, 11) is 0. The minimum absolute atomic E-state index is 0.117. The van der Waals surface area contributed by atoms with Crippen LogP contribution in [0.15, 0.2) is 0 Å². The van der Waals surface area contributed by atoms with E-state index < -0.39 is 18.0 Å². The van der Waals surface area contributed by atoms with Crippen LogP contribution >= 0.6 is 11.8 Å². The highest BCUT2D eigenvalue weighted by molar-refractivity contribution is 8.00. The number of nitrogens with two attached hydrogens (primary N) is 1. The summed E-state index contributed by atoms with van der Waals surface area (Å²) in [6.07, 6.45) is 0. The number of carboxylic acids is 1. The van der Waals surface area contributed by atoms with Crippen LogP contribution in [0.25, 0.3) is 0 Å². The van der Waals surface area contributed by atoms with Crippen LogP contribution in [-0.2, 0) is 4.79 Å². The fourth-order valence-electron chi connectivity index (χ4n) is 1.51. The standard InChI is InChI=1S/C8H14N2O3S/c1-4(2)6-10(8(9)13)5(3-14-6)7(11)12/h4-6H,3H2,1-2H3,(H2,9,13)(H,11,12). The maximum atomic E-state index is 11.1. The van der Waals surface area contributed by atoms with Crippen molar-refractivity contribution in [2.75, 3.05) is 5.75 Å². The Labute approximate surface area is 86.6 Å². The molecule has 0 aromatic rings. The number of carbonyl (C=O) groups excluding carboxylic acids is 1. The first-order valence-corrected chi connectivity index (χ1v) is 5.42. The number of aliphatic carboxylic acids is 1. The lowest BCUT2D eigenvalue weighted by molar-refractivity contribution is -0.141. The zero-order chi connectivity index (χ0) is 10.9. The zero-order valence-corrected chi connectivity index (χ0v) is 8.95. The van der Waals surface area contributed by atoms with Gasteiger partial charge in [0.05, 0.1) is 5.37 Å². The molecule has 6 heteroatoms. The summed E-state index contributed by atoms with van der Waals surface area (Å²) in [5, 5.41) is 8.75. The molecule has 80 valence electrons. The monoisotopic (exact) mass is 218 g/mol. The van der Waals surface area contributed by atoms with Crippen LogP contribution in [0.3, 0.4) is 0 Å². The highest BCUT2D eigenvalue weighted by Gasteiger charge is 2.41. The minimum Gasteiger partial charge on any atom is -0.480 e. The summed E-state index contributed by atoms with van der Waals surface area (Å²) >= 11 is 1.47. The number of carbonyl (C=O) groups is 2. The van der Waals surface area contributed by atoms with Crippen LogP contribution in [-0.4, -0.2) is 39.2 Å². The first-order valence-electron chi connectivity index (χ1n) is 4.37. The predicted octanol–water partition coefficient (Wildman–Crippen LogP) is 0.549. The molecular formula is C8H14N2O3S. The molecule has 1 fully saturated rings. The molecular weight excluding hydrogens is 204 g/mol. The lowest BCUT2D eigenvalue weighted by atomic mass is 10.2. The first-order chi connectivity index (χ1) is 6.45. The van der Waals surface area contributed by atoms with Crippen LogP contribution in [0.2, 0.25) is 0 Å². The second kappa shape index (κ2) is 4.08. The molecule has 0 aromatic heterocycles. The van der Waals surface area contributed by atoms with Gasteiger partial charge in [-0.2, -0.15) is 0 Å². The van der Waals surface area contributed by atoms with Crippen molar-refractivity contribution in [3.63, 3.8) is 0 Å². The van der Waals surface area contributed by atoms with Crippen molar-refractivity contribution >= 4 is 23.8 Å². The summed E-state index contributed by atoms with van der Waals surface area (Å²) < 4.78 is 0. The number of primary amides is 1. The van der Waals surface area contributed by atoms with Crippen LogP contribution < -0.4 is 5.73 Å². The molecule has 0 bridgehead atoms. The van der Waals surface area contributed by atoms with Gasteiger partial charge in [-0.1, -0.05) is 13.8 Å². The third-order valence-electron chi connectivity index (χ3n) is 2.14. The maximum absolute atomic E-state index is 11.1. The van der Waals surface area contributed by atoms with Crippen molar-refractivity contribution in [2.24, 2.45) is 11.7 Å². The molecule has 2 amide bonds. The summed E-state index contributed by atoms with van der Waals surface area (Å²) in [4.78, 5) is 23.2. The second-order valence-corrected chi connectivity index (χ2v) is 4.72. The lowest BCUT2D eigenvalue weighted by Crippen LogP contribution is -2.49. The van der Waals surface area contributed by atoms with Gasteiger partial charge in [-0.25, -0.2) is 9.59 Å². The number of thioether (sulfide) groups is 1. The van der Waals surface area contributed by atoms with Gasteiger partial charge in [0.15, 0.2) is 0 Å². The summed E-state index contributed by atoms with van der Waals surface area (Å²) in [5.41, 5.74) is 5.16. The van der Waals surface area contributed by atoms with E-state index >= 15 is 0 Å². The van der Waals surface area contributed by atoms with E-state index in [2.05, 4.69) is 0 Å². The average Bonchev–Trinajstić information content (AvgIpc) is 2.46. The Balaban J connectivity index is 2.85. The van der Waals surface area contributed by atoms with Crippen molar-refractivity contribution in [3.8, 4) is 0 Å². The number of carboxylic acid groups (broad SMARTS) is 1. The molecule has 0 aromatic carbocycles. The van der Waals surface area contributed by atoms with E-state index in [0.717, 1.165) is 0 Å². The van der Waals surface area contributed by atoms with Gasteiger partial charge >= 0.3 is 12.0 Å². The molecule has 0 spiro atoms. The van der Waals surface area contributed by atoms with Crippen molar-refractivity contribution < 1.29 is 14.7 Å². The van der Waals surface area contributed by atoms with Crippen molar-refractivity contribution in [3.05, 3.63) is 0 Å². The Kier molecular flexibility index (Phi) is 3.25. The maximum Gasteiger partial charge on any atom is 0.327 e. The molecule has 2 atom stereocenters. The Bertz CT molecular complexity index is 257. The van der Waals surface area contributed by atoms with E-state index in [9.17, 15) is 9.59 Å². The van der Waals surface area contributed by atoms with Gasteiger partial charge in [0.25, 0.3) is 0 Å². The third kappa shape index (κ3) is 1.95. The van der Waals surface area contributed by atoms with Crippen LogP contribution in [0.4, 0.5) is 4.79 Å². The van der Waals surface area contributed by atoms with Crippen molar-refractivity contribution in [1.82, 2.24) is 4.90 Å². The molecule has 1 rings (SSSR count). The van der Waals surface area contributed by atoms with E-state index in [1.54, 1.807) is 0 Å². The lowest BCUT2D eigenvalue weighted by Gasteiger charge is -2.27. The molecule has 14 heavy (non-hydrogen) atoms. The number of rotatable bonds is 2. The SMILES string of the molecule is CC(C)C1SCC(C(=O)O)N1C(N)=O. The fraction of sp³-hybridized carbons (Fsp3) is 0.750. The van der Waals surface area contributed by atoms with Crippen LogP contribution in [0, 0.1) is 5.92 Å². The molecule has 0 saturated carbocycles. The Morgan fingerprint density at radius 1 is 1.57 bits per heavy atom. The quantitative estimate of drug-likeness (QED) is 0.709. The molecule has 2 unspecified atom stereocenters. The topological polar surface area (TPSA) is 83.6 Å². The Morgan fingerprint density at radius 2 is 2.14 bits per heavy atom. The number of urea groups is 1. The minimum atomic E-state index is -0.987. The largest absolute Gasteiger partial charge is 0.480 e. The van der Waals surface area contributed by atoms with Gasteiger partial charge in [-0.3, -0.25) is 4.90 Å². The Morgan fingerprint density at radius 3 is 2.50 bits per heavy atom. The number of hydrogen-bond acceptors (Lipinski definition) is 3. The number of nitrogens with zero attached hydrogens (tertiary/aromatic N) is 1. The van der Waals surface area contributed by atoms with Crippen LogP contribution in [0.1, 0.15) is 13.8 Å². The molecule has 1 aliphatic rings. The van der Waals surface area contributed by atoms with Gasteiger partial charge in [0, 0.05) is 5.75 Å². The summed E-state index contributed by atoms with van der Waals surface area (Å²) in [6.45, 7) is 3.88. The first kappa shape index (κ1) is 11.2. The van der Waals surface area contributed by atoms with Gasteiger partial charge in [0.2, 0.25) is 0 Å². The highest BCUT2D eigenvalue weighted by Crippen LogP contribution is 2.33. The van der Waals surface area contributed by atoms with Gasteiger partial charge in [-0.05, 0) is 5.92 Å². The third-order valence-corrected chi connectivity index (χ3v) is 3.77. The average molecular weight is 218 g/mol. The molecule has 5 nitrogen and oxygen atoms in total. The molecule has 3 N–H and O–H groups in total. The van der Waals surface area contributed by atoms with Gasteiger partial charge in [-0.15, -0.1) is 11.8 Å². The molecule has 0 aliphatic carbocycles. The van der Waals surface area contributed by atoms with E-state index in [0.29, 0.717) is 5.75 Å². The van der Waals surface area contributed by atoms with Crippen LogP contribution in [0.5, 0.6) is 0 Å². The molecule has 0 radical (unpaired) electrons. The zero-order valence-electron chi connectivity index (χ0n) is 8.14.